The maximum Gasteiger partial charge on any atom is 0.336 e. The van der Waals surface area contributed by atoms with Gasteiger partial charge < -0.3 is 19.0 Å². The summed E-state index contributed by atoms with van der Waals surface area (Å²) in [6.45, 7) is 5.47. The number of aliphatic hydroxyl groups excluding tert-OH is 1. The van der Waals surface area contributed by atoms with Crippen molar-refractivity contribution in [2.45, 2.75) is 19.1 Å². The van der Waals surface area contributed by atoms with E-state index in [-0.39, 0.29) is 0 Å². The van der Waals surface area contributed by atoms with E-state index in [2.05, 4.69) is 6.58 Å². The quantitative estimate of drug-likeness (QED) is 0.676. The average molecular weight is 290 g/mol. The highest BCUT2D eigenvalue weighted by molar-refractivity contribution is 5.79. The number of hydrogen-bond acceptors (Lipinski definition) is 5. The average Bonchev–Trinajstić information content (AvgIpc) is 2.47. The van der Waals surface area contributed by atoms with Gasteiger partial charge in [0.15, 0.2) is 0 Å². The van der Waals surface area contributed by atoms with Crippen LogP contribution in [0.4, 0.5) is 0 Å². The van der Waals surface area contributed by atoms with Crippen LogP contribution in [0.25, 0.3) is 11.0 Å². The van der Waals surface area contributed by atoms with Gasteiger partial charge in [-0.15, -0.1) is 0 Å². The molecule has 2 atom stereocenters. The minimum Gasteiger partial charge on any atom is -0.496 e. The first-order chi connectivity index (χ1) is 9.97. The van der Waals surface area contributed by atoms with Gasteiger partial charge in [0.1, 0.15) is 23.5 Å². The Morgan fingerprint density at radius 1 is 1.33 bits per heavy atom. The van der Waals surface area contributed by atoms with Gasteiger partial charge in [0.25, 0.3) is 0 Å². The van der Waals surface area contributed by atoms with Gasteiger partial charge in [-0.25, -0.2) is 4.79 Å². The second-order valence-corrected chi connectivity index (χ2v) is 4.83. The molecule has 1 heterocycles. The van der Waals surface area contributed by atoms with Gasteiger partial charge in [-0.3, -0.25) is 0 Å². The molecule has 1 aromatic carbocycles. The van der Waals surface area contributed by atoms with Crippen molar-refractivity contribution in [3.8, 4) is 5.75 Å². The van der Waals surface area contributed by atoms with Crippen molar-refractivity contribution in [1.29, 1.82) is 0 Å². The summed E-state index contributed by atoms with van der Waals surface area (Å²) < 4.78 is 15.8. The Balaban J connectivity index is 2.63. The van der Waals surface area contributed by atoms with E-state index in [0.717, 1.165) is 5.39 Å². The summed E-state index contributed by atoms with van der Waals surface area (Å²) in [4.78, 5) is 11.3. The lowest BCUT2D eigenvalue weighted by atomic mass is 9.97. The highest BCUT2D eigenvalue weighted by Crippen LogP contribution is 2.34. The predicted molar refractivity (Wildman–Crippen MR) is 79.6 cm³/mol. The largest absolute Gasteiger partial charge is 0.496 e. The zero-order valence-electron chi connectivity index (χ0n) is 12.3. The summed E-state index contributed by atoms with van der Waals surface area (Å²) in [7, 11) is 3.01. The van der Waals surface area contributed by atoms with Gasteiger partial charge in [-0.1, -0.05) is 6.58 Å². The van der Waals surface area contributed by atoms with Crippen molar-refractivity contribution in [1.82, 2.24) is 0 Å². The Kier molecular flexibility index (Phi) is 4.45. The molecule has 0 fully saturated rings. The fraction of sp³-hybridized carbons (Fsp3) is 0.312. The molecule has 0 unspecified atom stereocenters. The zero-order valence-corrected chi connectivity index (χ0v) is 12.3. The molecule has 1 aromatic heterocycles. The number of hydrogen-bond donors (Lipinski definition) is 1. The van der Waals surface area contributed by atoms with Crippen LogP contribution in [0.3, 0.4) is 0 Å². The van der Waals surface area contributed by atoms with Crippen LogP contribution in [0.1, 0.15) is 18.6 Å². The molecule has 2 aromatic rings. The molecule has 112 valence electrons. The molecule has 0 aliphatic rings. The van der Waals surface area contributed by atoms with Crippen molar-refractivity contribution in [3.05, 3.63) is 52.4 Å². The number of ether oxygens (including phenoxy) is 2. The summed E-state index contributed by atoms with van der Waals surface area (Å²) >= 11 is 0. The van der Waals surface area contributed by atoms with Crippen LogP contribution in [-0.4, -0.2) is 25.4 Å². The van der Waals surface area contributed by atoms with Crippen LogP contribution < -0.4 is 10.4 Å². The Morgan fingerprint density at radius 2 is 2.05 bits per heavy atom. The molecule has 0 aliphatic carbocycles. The Hall–Kier alpha value is -2.11. The van der Waals surface area contributed by atoms with Gasteiger partial charge in [-0.05, 0) is 24.6 Å². The minimum absolute atomic E-state index is 0.419. The Labute approximate surface area is 122 Å². The first-order valence-corrected chi connectivity index (χ1v) is 6.46. The Bertz CT molecular complexity index is 716. The molecule has 0 bridgehead atoms. The minimum atomic E-state index is -0.864. The summed E-state index contributed by atoms with van der Waals surface area (Å²) in [6.07, 6.45) is -1.48. The third-order valence-electron chi connectivity index (χ3n) is 3.32. The molecule has 0 spiro atoms. The Morgan fingerprint density at radius 3 is 2.62 bits per heavy atom. The van der Waals surface area contributed by atoms with E-state index in [1.807, 2.05) is 0 Å². The maximum absolute atomic E-state index is 11.3. The smallest absolute Gasteiger partial charge is 0.336 e. The molecule has 5 heteroatoms. The number of fused-ring (bicyclic) bond motifs is 1. The van der Waals surface area contributed by atoms with Gasteiger partial charge in [0.05, 0.1) is 7.11 Å². The van der Waals surface area contributed by atoms with Gasteiger partial charge in [0, 0.05) is 30.2 Å². The first kappa shape index (κ1) is 15.3. The second-order valence-electron chi connectivity index (χ2n) is 4.83. The van der Waals surface area contributed by atoms with Crippen molar-refractivity contribution in [3.63, 3.8) is 0 Å². The van der Waals surface area contributed by atoms with Gasteiger partial charge in [-0.2, -0.15) is 0 Å². The van der Waals surface area contributed by atoms with E-state index < -0.39 is 17.8 Å². The fourth-order valence-electron chi connectivity index (χ4n) is 2.20. The molecule has 0 saturated carbocycles. The molecule has 0 saturated heterocycles. The van der Waals surface area contributed by atoms with Crippen LogP contribution in [0, 0.1) is 0 Å². The van der Waals surface area contributed by atoms with E-state index >= 15 is 0 Å². The monoisotopic (exact) mass is 290 g/mol. The number of methoxy groups -OCH3 is 2. The standard InChI is InChI=1S/C16H18O5/c1-9(2)15(18)16(20-4)11-7-10-5-6-14(17)21-12(10)8-13(11)19-3/h5-8,15-16,18H,1H2,2-4H3/t15-,16-/m1/s1. The number of rotatable bonds is 5. The summed E-state index contributed by atoms with van der Waals surface area (Å²) in [6, 6.07) is 6.39. The van der Waals surface area contributed by atoms with E-state index in [1.54, 1.807) is 25.1 Å². The van der Waals surface area contributed by atoms with E-state index in [9.17, 15) is 9.90 Å². The topological polar surface area (TPSA) is 68.9 Å². The lowest BCUT2D eigenvalue weighted by Gasteiger charge is -2.24. The van der Waals surface area contributed by atoms with Crippen LogP contribution >= 0.6 is 0 Å². The second kappa shape index (κ2) is 6.11. The fourth-order valence-corrected chi connectivity index (χ4v) is 2.20. The van der Waals surface area contributed by atoms with Crippen LogP contribution in [0.15, 0.2) is 45.6 Å². The lowest BCUT2D eigenvalue weighted by molar-refractivity contribution is 0.00428. The molecule has 0 amide bonds. The lowest BCUT2D eigenvalue weighted by Crippen LogP contribution is -2.21. The molecular weight excluding hydrogens is 272 g/mol. The SMILES string of the molecule is C=C(C)[C@@H](O)[C@H](OC)c1cc2ccc(=O)oc2cc1OC. The van der Waals surface area contributed by atoms with Crippen molar-refractivity contribution >= 4 is 11.0 Å². The van der Waals surface area contributed by atoms with Crippen molar-refractivity contribution < 1.29 is 19.0 Å². The molecule has 21 heavy (non-hydrogen) atoms. The number of aliphatic hydroxyl groups is 1. The molecule has 0 aliphatic heterocycles. The molecule has 2 rings (SSSR count). The predicted octanol–water partition coefficient (Wildman–Crippen LogP) is 2.43. The highest BCUT2D eigenvalue weighted by Gasteiger charge is 2.25. The highest BCUT2D eigenvalue weighted by atomic mass is 16.5. The van der Waals surface area contributed by atoms with Crippen molar-refractivity contribution in [2.24, 2.45) is 0 Å². The molecule has 0 radical (unpaired) electrons. The van der Waals surface area contributed by atoms with Crippen LogP contribution in [-0.2, 0) is 4.74 Å². The first-order valence-electron chi connectivity index (χ1n) is 6.46. The molecule has 1 N–H and O–H groups in total. The molecular formula is C16H18O5. The molecule has 5 nitrogen and oxygen atoms in total. The summed E-state index contributed by atoms with van der Waals surface area (Å²) in [5.74, 6) is 0.476. The zero-order chi connectivity index (χ0) is 15.6. The van der Waals surface area contributed by atoms with Gasteiger partial charge in [0.2, 0.25) is 0 Å². The maximum atomic E-state index is 11.3. The normalized spacial score (nSPS) is 13.9. The third kappa shape index (κ3) is 2.99. The van der Waals surface area contributed by atoms with Crippen molar-refractivity contribution in [2.75, 3.05) is 14.2 Å². The van der Waals surface area contributed by atoms with Gasteiger partial charge >= 0.3 is 5.63 Å². The van der Waals surface area contributed by atoms with Crippen LogP contribution in [0.2, 0.25) is 0 Å². The van der Waals surface area contributed by atoms with Crippen LogP contribution in [0.5, 0.6) is 5.75 Å². The third-order valence-corrected chi connectivity index (χ3v) is 3.32. The van der Waals surface area contributed by atoms with E-state index in [1.165, 1.54) is 20.3 Å². The summed E-state index contributed by atoms with van der Waals surface area (Å²) in [5.41, 5.74) is 1.24. The number of benzene rings is 1. The summed E-state index contributed by atoms with van der Waals surface area (Å²) in [5, 5.41) is 10.9. The van der Waals surface area contributed by atoms with E-state index in [4.69, 9.17) is 13.9 Å². The van der Waals surface area contributed by atoms with E-state index in [0.29, 0.717) is 22.5 Å².